The van der Waals surface area contributed by atoms with Crippen LogP contribution < -0.4 is 10.5 Å². The summed E-state index contributed by atoms with van der Waals surface area (Å²) in [4.78, 5) is 3.30. The van der Waals surface area contributed by atoms with Gasteiger partial charge >= 0.3 is 0 Å². The Labute approximate surface area is 101 Å². The smallest absolute Gasteiger partial charge is 0.128 e. The Balaban J connectivity index is 1.92. The van der Waals surface area contributed by atoms with Gasteiger partial charge in [-0.1, -0.05) is 6.07 Å². The summed E-state index contributed by atoms with van der Waals surface area (Å²) in [5.41, 5.74) is 8.71. The molecule has 1 aromatic heterocycles. The van der Waals surface area contributed by atoms with E-state index in [1.807, 2.05) is 12.1 Å². The lowest BCUT2D eigenvalue weighted by Gasteiger charge is -2.08. The third-order valence-electron chi connectivity index (χ3n) is 3.75. The molecule has 1 aromatic carbocycles. The first-order valence-electron chi connectivity index (χ1n) is 6.14. The van der Waals surface area contributed by atoms with Crippen molar-refractivity contribution < 1.29 is 4.74 Å². The zero-order valence-corrected chi connectivity index (χ0v) is 10.1. The van der Waals surface area contributed by atoms with Gasteiger partial charge < -0.3 is 15.5 Å². The largest absolute Gasteiger partial charge is 0.496 e. The lowest BCUT2D eigenvalue weighted by molar-refractivity contribution is 0.419. The first-order valence-corrected chi connectivity index (χ1v) is 6.14. The number of benzene rings is 1. The van der Waals surface area contributed by atoms with Gasteiger partial charge in [-0.05, 0) is 43.4 Å². The highest BCUT2D eigenvalue weighted by molar-refractivity contribution is 5.89. The maximum atomic E-state index is 6.14. The first-order chi connectivity index (χ1) is 8.22. The third-order valence-corrected chi connectivity index (χ3v) is 3.75. The highest BCUT2D eigenvalue weighted by atomic mass is 16.5. The Morgan fingerprint density at radius 2 is 2.24 bits per heavy atom. The Morgan fingerprint density at radius 1 is 1.41 bits per heavy atom. The zero-order valence-electron chi connectivity index (χ0n) is 10.1. The SMILES string of the molecule is COc1cccc2[nH]cc(CCC3(N)CC3)c12. The third kappa shape index (κ3) is 1.91. The van der Waals surface area contributed by atoms with Gasteiger partial charge in [0.05, 0.1) is 7.11 Å². The Hall–Kier alpha value is -1.48. The van der Waals surface area contributed by atoms with E-state index < -0.39 is 0 Å². The summed E-state index contributed by atoms with van der Waals surface area (Å²) in [5, 5.41) is 1.21. The van der Waals surface area contributed by atoms with E-state index in [0.29, 0.717) is 0 Å². The highest BCUT2D eigenvalue weighted by Gasteiger charge is 2.37. The molecule has 0 atom stereocenters. The van der Waals surface area contributed by atoms with Crippen LogP contribution in [-0.4, -0.2) is 17.6 Å². The first kappa shape index (κ1) is 10.7. The average Bonchev–Trinajstić information content (AvgIpc) is 2.93. The molecule has 1 fully saturated rings. The molecule has 0 aliphatic heterocycles. The molecule has 0 saturated heterocycles. The summed E-state index contributed by atoms with van der Waals surface area (Å²) >= 11 is 0. The fourth-order valence-corrected chi connectivity index (χ4v) is 2.38. The van der Waals surface area contributed by atoms with Crippen LogP contribution in [0.15, 0.2) is 24.4 Å². The summed E-state index contributed by atoms with van der Waals surface area (Å²) in [5.74, 6) is 0.945. The molecule has 0 unspecified atom stereocenters. The van der Waals surface area contributed by atoms with Gasteiger partial charge in [-0.3, -0.25) is 0 Å². The number of fused-ring (bicyclic) bond motifs is 1. The van der Waals surface area contributed by atoms with E-state index in [1.54, 1.807) is 7.11 Å². The lowest BCUT2D eigenvalue weighted by atomic mass is 10.0. The van der Waals surface area contributed by atoms with Crippen LogP contribution in [0, 0.1) is 0 Å². The van der Waals surface area contributed by atoms with Crippen LogP contribution >= 0.6 is 0 Å². The molecular weight excluding hydrogens is 212 g/mol. The molecule has 1 aliphatic carbocycles. The summed E-state index contributed by atoms with van der Waals surface area (Å²) in [6, 6.07) is 6.10. The maximum Gasteiger partial charge on any atom is 0.128 e. The molecule has 3 rings (SSSR count). The maximum absolute atomic E-state index is 6.14. The summed E-state index contributed by atoms with van der Waals surface area (Å²) in [6.45, 7) is 0. The van der Waals surface area contributed by atoms with Gasteiger partial charge in [0.15, 0.2) is 0 Å². The molecule has 1 aliphatic rings. The predicted octanol–water partition coefficient (Wildman–Crippen LogP) is 2.60. The fourth-order valence-electron chi connectivity index (χ4n) is 2.38. The molecule has 0 spiro atoms. The van der Waals surface area contributed by atoms with Gasteiger partial charge in [0, 0.05) is 22.6 Å². The molecule has 0 bridgehead atoms. The van der Waals surface area contributed by atoms with Crippen molar-refractivity contribution in [3.05, 3.63) is 30.0 Å². The molecule has 3 heteroatoms. The molecule has 1 saturated carbocycles. The molecule has 3 nitrogen and oxygen atoms in total. The van der Waals surface area contributed by atoms with Crippen molar-refractivity contribution in [1.29, 1.82) is 0 Å². The van der Waals surface area contributed by atoms with Crippen molar-refractivity contribution in [2.45, 2.75) is 31.2 Å². The van der Waals surface area contributed by atoms with Gasteiger partial charge in [-0.25, -0.2) is 0 Å². The number of rotatable bonds is 4. The lowest BCUT2D eigenvalue weighted by Crippen LogP contribution is -2.21. The Bertz CT molecular complexity index is 540. The highest BCUT2D eigenvalue weighted by Crippen LogP contribution is 2.38. The molecule has 90 valence electrons. The van der Waals surface area contributed by atoms with Crippen molar-refractivity contribution in [2.75, 3.05) is 7.11 Å². The van der Waals surface area contributed by atoms with E-state index in [0.717, 1.165) is 24.1 Å². The molecule has 3 N–H and O–H groups in total. The molecule has 1 heterocycles. The summed E-state index contributed by atoms with van der Waals surface area (Å²) in [6.07, 6.45) is 6.52. The number of hydrogen-bond donors (Lipinski definition) is 2. The van der Waals surface area contributed by atoms with Gasteiger partial charge in [-0.15, -0.1) is 0 Å². The van der Waals surface area contributed by atoms with Gasteiger partial charge in [0.25, 0.3) is 0 Å². The number of methoxy groups -OCH3 is 1. The van der Waals surface area contributed by atoms with Crippen molar-refractivity contribution in [3.63, 3.8) is 0 Å². The van der Waals surface area contributed by atoms with E-state index in [1.165, 1.54) is 23.8 Å². The number of nitrogens with two attached hydrogens (primary N) is 1. The van der Waals surface area contributed by atoms with E-state index in [2.05, 4.69) is 17.2 Å². The monoisotopic (exact) mass is 230 g/mol. The normalized spacial score (nSPS) is 17.3. The van der Waals surface area contributed by atoms with Gasteiger partial charge in [-0.2, -0.15) is 0 Å². The Morgan fingerprint density at radius 3 is 2.94 bits per heavy atom. The minimum absolute atomic E-state index is 0.117. The quantitative estimate of drug-likeness (QED) is 0.848. The molecular formula is C14H18N2O. The number of hydrogen-bond acceptors (Lipinski definition) is 2. The minimum atomic E-state index is 0.117. The topological polar surface area (TPSA) is 51.0 Å². The number of ether oxygens (including phenoxy) is 1. The Kier molecular flexibility index (Phi) is 2.37. The van der Waals surface area contributed by atoms with Crippen molar-refractivity contribution in [3.8, 4) is 5.75 Å². The van der Waals surface area contributed by atoms with Crippen LogP contribution in [0.4, 0.5) is 0 Å². The summed E-state index contributed by atoms with van der Waals surface area (Å²) in [7, 11) is 1.72. The fraction of sp³-hybridized carbons (Fsp3) is 0.429. The molecule has 0 amide bonds. The van der Waals surface area contributed by atoms with Crippen LogP contribution in [0.5, 0.6) is 5.75 Å². The minimum Gasteiger partial charge on any atom is -0.496 e. The van der Waals surface area contributed by atoms with Crippen LogP contribution in [0.3, 0.4) is 0 Å². The standard InChI is InChI=1S/C14H18N2O/c1-17-12-4-2-3-11-13(12)10(9-16-11)5-6-14(15)7-8-14/h2-4,9,16H,5-8,15H2,1H3. The second-order valence-electron chi connectivity index (χ2n) is 5.06. The van der Waals surface area contributed by atoms with Crippen LogP contribution in [0.1, 0.15) is 24.8 Å². The van der Waals surface area contributed by atoms with Crippen LogP contribution in [-0.2, 0) is 6.42 Å². The number of aromatic amines is 1. The second-order valence-corrected chi connectivity index (χ2v) is 5.06. The second kappa shape index (κ2) is 3.77. The number of aromatic nitrogens is 1. The predicted molar refractivity (Wildman–Crippen MR) is 69.3 cm³/mol. The van der Waals surface area contributed by atoms with E-state index in [4.69, 9.17) is 10.5 Å². The van der Waals surface area contributed by atoms with E-state index in [-0.39, 0.29) is 5.54 Å². The van der Waals surface area contributed by atoms with Crippen LogP contribution in [0.25, 0.3) is 10.9 Å². The van der Waals surface area contributed by atoms with Crippen molar-refractivity contribution >= 4 is 10.9 Å². The van der Waals surface area contributed by atoms with E-state index >= 15 is 0 Å². The van der Waals surface area contributed by atoms with Crippen molar-refractivity contribution in [1.82, 2.24) is 4.98 Å². The van der Waals surface area contributed by atoms with Crippen molar-refractivity contribution in [2.24, 2.45) is 5.73 Å². The summed E-state index contributed by atoms with van der Waals surface area (Å²) < 4.78 is 5.42. The zero-order chi connectivity index (χ0) is 11.9. The molecule has 17 heavy (non-hydrogen) atoms. The molecule has 2 aromatic rings. The number of aryl methyl sites for hydroxylation is 1. The van der Waals surface area contributed by atoms with Crippen LogP contribution in [0.2, 0.25) is 0 Å². The van der Waals surface area contributed by atoms with E-state index in [9.17, 15) is 0 Å². The average molecular weight is 230 g/mol. The van der Waals surface area contributed by atoms with Gasteiger partial charge in [0.2, 0.25) is 0 Å². The molecule has 0 radical (unpaired) electrons. The van der Waals surface area contributed by atoms with Gasteiger partial charge in [0.1, 0.15) is 5.75 Å². The number of H-pyrrole nitrogens is 1. The number of nitrogens with one attached hydrogen (secondary N) is 1.